The SMILES string of the molecule is CC1(C)c2ccccc2-c2cc(N3c4ccccc4C(C)(C)c4ccccc43)ccc2CCc2cc(C#N)c(N)cc2-c2ccccc21. The second-order valence-corrected chi connectivity index (χ2v) is 14.3. The minimum Gasteiger partial charge on any atom is -0.398 e. The number of anilines is 4. The summed E-state index contributed by atoms with van der Waals surface area (Å²) in [6.45, 7) is 9.32. The molecule has 0 aromatic heterocycles. The van der Waals surface area contributed by atoms with Crippen molar-refractivity contribution in [2.45, 2.75) is 51.4 Å². The van der Waals surface area contributed by atoms with Gasteiger partial charge in [0.1, 0.15) is 6.07 Å². The van der Waals surface area contributed by atoms with Gasteiger partial charge < -0.3 is 10.6 Å². The number of benzene rings is 6. The second-order valence-electron chi connectivity index (χ2n) is 14.3. The third kappa shape index (κ3) is 4.48. The van der Waals surface area contributed by atoms with Crippen LogP contribution < -0.4 is 10.6 Å². The lowest BCUT2D eigenvalue weighted by Gasteiger charge is -2.42. The van der Waals surface area contributed by atoms with Gasteiger partial charge in [0.25, 0.3) is 0 Å². The Morgan fingerprint density at radius 2 is 1.02 bits per heavy atom. The minimum absolute atomic E-state index is 0.120. The van der Waals surface area contributed by atoms with Crippen LogP contribution in [0.25, 0.3) is 22.3 Å². The third-order valence-corrected chi connectivity index (χ3v) is 10.8. The second kappa shape index (κ2) is 11.0. The van der Waals surface area contributed by atoms with Crippen molar-refractivity contribution in [3.8, 4) is 28.3 Å². The lowest BCUT2D eigenvalue weighted by atomic mass is 9.72. The summed E-state index contributed by atoms with van der Waals surface area (Å²) in [5, 5.41) is 9.94. The molecule has 0 radical (unpaired) electrons. The van der Waals surface area contributed by atoms with E-state index < -0.39 is 0 Å². The zero-order valence-electron chi connectivity index (χ0n) is 28.0. The van der Waals surface area contributed by atoms with Crippen LogP contribution in [0.2, 0.25) is 0 Å². The molecule has 2 N–H and O–H groups in total. The van der Waals surface area contributed by atoms with Gasteiger partial charge >= 0.3 is 0 Å². The van der Waals surface area contributed by atoms with E-state index in [1.807, 2.05) is 12.1 Å². The molecule has 3 nitrogen and oxygen atoms in total. The van der Waals surface area contributed by atoms with E-state index in [1.54, 1.807) is 0 Å². The van der Waals surface area contributed by atoms with Crippen molar-refractivity contribution in [2.24, 2.45) is 0 Å². The van der Waals surface area contributed by atoms with Crippen LogP contribution in [0.4, 0.5) is 22.7 Å². The summed E-state index contributed by atoms with van der Waals surface area (Å²) < 4.78 is 0. The number of fused-ring (bicyclic) bond motifs is 8. The highest BCUT2D eigenvalue weighted by molar-refractivity contribution is 5.89. The first-order valence-corrected chi connectivity index (χ1v) is 16.8. The van der Waals surface area contributed by atoms with E-state index in [0.29, 0.717) is 11.3 Å². The van der Waals surface area contributed by atoms with Gasteiger partial charge in [0.15, 0.2) is 0 Å². The van der Waals surface area contributed by atoms with Gasteiger partial charge in [-0.1, -0.05) is 119 Å². The van der Waals surface area contributed by atoms with Crippen LogP contribution in [0.5, 0.6) is 0 Å². The fourth-order valence-corrected chi connectivity index (χ4v) is 8.28. The summed E-state index contributed by atoms with van der Waals surface area (Å²) in [6, 6.07) is 48.7. The van der Waals surface area contributed by atoms with Crippen molar-refractivity contribution in [1.82, 2.24) is 0 Å². The fourth-order valence-electron chi connectivity index (χ4n) is 8.28. The van der Waals surface area contributed by atoms with Crippen LogP contribution in [-0.4, -0.2) is 0 Å². The molecule has 0 spiro atoms. The average Bonchev–Trinajstić information content (AvgIpc) is 3.12. The number of nitrogens with zero attached hydrogens (tertiary/aromatic N) is 2. The molecule has 0 atom stereocenters. The molecule has 0 saturated heterocycles. The predicted molar refractivity (Wildman–Crippen MR) is 199 cm³/mol. The number of nitrogen functional groups attached to an aromatic ring is 1. The zero-order chi connectivity index (χ0) is 33.2. The summed E-state index contributed by atoms with van der Waals surface area (Å²) >= 11 is 0. The molecule has 8 rings (SSSR count). The lowest BCUT2D eigenvalue weighted by Crippen LogP contribution is -2.30. The molecule has 1 aliphatic heterocycles. The molecule has 2 aliphatic rings. The third-order valence-electron chi connectivity index (χ3n) is 10.8. The van der Waals surface area contributed by atoms with E-state index in [9.17, 15) is 5.26 Å². The van der Waals surface area contributed by atoms with Crippen LogP contribution in [0.15, 0.2) is 127 Å². The smallest absolute Gasteiger partial charge is 0.101 e. The highest BCUT2D eigenvalue weighted by Gasteiger charge is 2.37. The topological polar surface area (TPSA) is 53.0 Å². The van der Waals surface area contributed by atoms with Crippen LogP contribution in [0, 0.1) is 11.3 Å². The highest BCUT2D eigenvalue weighted by atomic mass is 15.2. The number of nitriles is 1. The Morgan fingerprint density at radius 3 is 1.60 bits per heavy atom. The maximum atomic E-state index is 9.94. The van der Waals surface area contributed by atoms with Gasteiger partial charge in [0.2, 0.25) is 0 Å². The van der Waals surface area contributed by atoms with Crippen LogP contribution in [0.3, 0.4) is 0 Å². The van der Waals surface area contributed by atoms with Gasteiger partial charge in [-0.3, -0.25) is 0 Å². The number of aryl methyl sites for hydroxylation is 2. The largest absolute Gasteiger partial charge is 0.398 e. The first kappa shape index (κ1) is 29.8. The normalized spacial score (nSPS) is 15.3. The number of rotatable bonds is 1. The molecule has 6 aromatic rings. The van der Waals surface area contributed by atoms with E-state index >= 15 is 0 Å². The maximum Gasteiger partial charge on any atom is 0.101 e. The molecule has 1 heterocycles. The number of hydrogen-bond acceptors (Lipinski definition) is 3. The number of nitrogens with two attached hydrogens (primary N) is 1. The highest BCUT2D eigenvalue weighted by Crippen LogP contribution is 2.53. The van der Waals surface area contributed by atoms with Crippen molar-refractivity contribution >= 4 is 22.7 Å². The molecule has 6 aromatic carbocycles. The van der Waals surface area contributed by atoms with Gasteiger partial charge in [0, 0.05) is 16.5 Å². The first-order chi connectivity index (χ1) is 23.2. The van der Waals surface area contributed by atoms with Crippen molar-refractivity contribution in [3.05, 3.63) is 166 Å². The van der Waals surface area contributed by atoms with E-state index in [2.05, 4.69) is 154 Å². The molecule has 0 amide bonds. The standard InChI is InChI=1S/C45H39N3/c1-44(2)37-15-7-5-13-33(37)35-26-32(48-42-19-11-9-17-39(42)45(3,4)40-18-10-12-20-43(40)48)24-23-29(35)21-22-30-25-31(28-46)41(47)27-36(30)34-14-6-8-16-38(34)44/h5-20,23-27H,21-22,47H2,1-4H3. The summed E-state index contributed by atoms with van der Waals surface area (Å²) in [4.78, 5) is 2.45. The van der Waals surface area contributed by atoms with Crippen LogP contribution in [-0.2, 0) is 23.7 Å². The molecule has 3 heteroatoms. The molecular weight excluding hydrogens is 583 g/mol. The quantitative estimate of drug-likeness (QED) is 0.186. The van der Waals surface area contributed by atoms with Crippen molar-refractivity contribution in [1.29, 1.82) is 5.26 Å². The van der Waals surface area contributed by atoms with Gasteiger partial charge in [-0.15, -0.1) is 0 Å². The Morgan fingerprint density at radius 1 is 0.542 bits per heavy atom. The van der Waals surface area contributed by atoms with Crippen molar-refractivity contribution in [3.63, 3.8) is 0 Å². The Hall–Kier alpha value is -5.59. The average molecular weight is 622 g/mol. The summed E-state index contributed by atoms with van der Waals surface area (Å²) in [6.07, 6.45) is 1.62. The van der Waals surface area contributed by atoms with Crippen LogP contribution >= 0.6 is 0 Å². The molecule has 234 valence electrons. The first-order valence-electron chi connectivity index (χ1n) is 16.8. The summed E-state index contributed by atoms with van der Waals surface area (Å²) in [5.74, 6) is 0. The fraction of sp³-hybridized carbons (Fsp3) is 0.178. The minimum atomic E-state index is -0.334. The molecule has 0 bridgehead atoms. The Kier molecular flexibility index (Phi) is 6.83. The van der Waals surface area contributed by atoms with Crippen molar-refractivity contribution < 1.29 is 0 Å². The lowest BCUT2D eigenvalue weighted by molar-refractivity contribution is 0.632. The molecule has 0 fully saturated rings. The molecular formula is C45H39N3. The Bertz CT molecular complexity index is 2230. The maximum absolute atomic E-state index is 9.94. The van der Waals surface area contributed by atoms with Crippen LogP contribution in [0.1, 0.15) is 66.6 Å². The molecule has 0 saturated carbocycles. The monoisotopic (exact) mass is 621 g/mol. The van der Waals surface area contributed by atoms with E-state index in [1.165, 1.54) is 55.9 Å². The summed E-state index contributed by atoms with van der Waals surface area (Å²) in [7, 11) is 0. The predicted octanol–water partition coefficient (Wildman–Crippen LogP) is 11.0. The number of hydrogen-bond donors (Lipinski definition) is 1. The molecule has 1 aliphatic carbocycles. The van der Waals surface area contributed by atoms with E-state index in [0.717, 1.165) is 29.7 Å². The molecule has 0 unspecified atom stereocenters. The van der Waals surface area contributed by atoms with Gasteiger partial charge in [0.05, 0.1) is 22.6 Å². The zero-order valence-corrected chi connectivity index (χ0v) is 28.0. The van der Waals surface area contributed by atoms with Gasteiger partial charge in [-0.25, -0.2) is 0 Å². The Labute approximate surface area is 283 Å². The van der Waals surface area contributed by atoms with E-state index in [4.69, 9.17) is 5.73 Å². The number of para-hydroxylation sites is 2. The van der Waals surface area contributed by atoms with Gasteiger partial charge in [-0.05, 0) is 105 Å². The summed E-state index contributed by atoms with van der Waals surface area (Å²) in [5.41, 5.74) is 23.0. The Balaban J connectivity index is 1.40. The molecule has 48 heavy (non-hydrogen) atoms. The van der Waals surface area contributed by atoms with Crippen molar-refractivity contribution in [2.75, 3.05) is 10.6 Å². The van der Waals surface area contributed by atoms with E-state index in [-0.39, 0.29) is 10.8 Å². The van der Waals surface area contributed by atoms with Gasteiger partial charge in [-0.2, -0.15) is 5.26 Å².